The molecule has 0 aromatic heterocycles. The summed E-state index contributed by atoms with van der Waals surface area (Å²) >= 11 is 0. The van der Waals surface area contributed by atoms with Gasteiger partial charge in [0.1, 0.15) is 0 Å². The number of nitriles is 1. The van der Waals surface area contributed by atoms with E-state index in [1.54, 1.807) is 0 Å². The Morgan fingerprint density at radius 2 is 2.14 bits per heavy atom. The number of ether oxygens (including phenoxy) is 1. The van der Waals surface area contributed by atoms with Gasteiger partial charge in [0.2, 0.25) is 0 Å². The zero-order valence-electron chi connectivity index (χ0n) is 9.33. The van der Waals surface area contributed by atoms with Crippen molar-refractivity contribution in [3.8, 4) is 6.07 Å². The molecule has 0 unspecified atom stereocenters. The van der Waals surface area contributed by atoms with Crippen molar-refractivity contribution >= 4 is 5.97 Å². The van der Waals surface area contributed by atoms with Gasteiger partial charge in [0, 0.05) is 6.54 Å². The van der Waals surface area contributed by atoms with Crippen molar-refractivity contribution in [2.75, 3.05) is 26.7 Å². The molecule has 0 aliphatic rings. The molecule has 0 fully saturated rings. The Kier molecular flexibility index (Phi) is 5.18. The van der Waals surface area contributed by atoms with Crippen LogP contribution in [0.2, 0.25) is 0 Å². The first-order valence-electron chi connectivity index (χ1n) is 4.65. The summed E-state index contributed by atoms with van der Waals surface area (Å²) in [6.45, 7) is 7.25. The van der Waals surface area contributed by atoms with E-state index in [1.807, 2.05) is 25.7 Å². The molecule has 0 N–H and O–H groups in total. The van der Waals surface area contributed by atoms with E-state index in [0.29, 0.717) is 13.1 Å². The van der Waals surface area contributed by atoms with E-state index in [1.165, 1.54) is 7.11 Å². The highest BCUT2D eigenvalue weighted by Gasteiger charge is 2.30. The maximum Gasteiger partial charge on any atom is 0.312 e. The van der Waals surface area contributed by atoms with Gasteiger partial charge in [-0.2, -0.15) is 5.26 Å². The molecule has 14 heavy (non-hydrogen) atoms. The summed E-state index contributed by atoms with van der Waals surface area (Å²) in [5.41, 5.74) is -0.554. The number of methoxy groups -OCH3 is 1. The third-order valence-corrected chi connectivity index (χ3v) is 2.10. The van der Waals surface area contributed by atoms with Crippen molar-refractivity contribution < 1.29 is 9.53 Å². The van der Waals surface area contributed by atoms with Crippen LogP contribution in [-0.4, -0.2) is 37.6 Å². The third kappa shape index (κ3) is 3.75. The quantitative estimate of drug-likeness (QED) is 0.489. The lowest BCUT2D eigenvalue weighted by molar-refractivity contribution is -0.151. The molecule has 0 amide bonds. The van der Waals surface area contributed by atoms with Gasteiger partial charge in [-0.05, 0) is 20.4 Å². The van der Waals surface area contributed by atoms with Crippen LogP contribution in [0.25, 0.3) is 0 Å². The molecule has 0 aromatic carbocycles. The molecule has 0 aliphatic carbocycles. The van der Waals surface area contributed by atoms with Crippen molar-refractivity contribution in [1.29, 1.82) is 5.26 Å². The first kappa shape index (κ1) is 12.9. The molecule has 4 heteroatoms. The van der Waals surface area contributed by atoms with Gasteiger partial charge in [0.15, 0.2) is 0 Å². The van der Waals surface area contributed by atoms with Gasteiger partial charge >= 0.3 is 5.97 Å². The van der Waals surface area contributed by atoms with Crippen molar-refractivity contribution in [3.63, 3.8) is 0 Å². The molecule has 4 nitrogen and oxygen atoms in total. The zero-order chi connectivity index (χ0) is 11.2. The van der Waals surface area contributed by atoms with E-state index in [-0.39, 0.29) is 5.97 Å². The molecule has 0 atom stereocenters. The van der Waals surface area contributed by atoms with Crippen molar-refractivity contribution in [2.24, 2.45) is 5.41 Å². The minimum absolute atomic E-state index is 0.242. The van der Waals surface area contributed by atoms with E-state index in [4.69, 9.17) is 10.00 Å². The highest BCUT2D eigenvalue weighted by molar-refractivity contribution is 5.76. The molecule has 0 heterocycles. The normalized spacial score (nSPS) is 11.1. The Hall–Kier alpha value is -1.08. The number of esters is 1. The Morgan fingerprint density at radius 1 is 1.57 bits per heavy atom. The highest BCUT2D eigenvalue weighted by atomic mass is 16.5. The van der Waals surface area contributed by atoms with Gasteiger partial charge < -0.3 is 4.74 Å². The first-order chi connectivity index (χ1) is 6.47. The lowest BCUT2D eigenvalue weighted by Gasteiger charge is -2.27. The lowest BCUT2D eigenvalue weighted by atomic mass is 9.93. The standard InChI is InChI=1S/C10H18N2O2/c1-5-12(7-6-11)8-10(2,3)9(13)14-4/h5,7-8H2,1-4H3. The molecule has 0 radical (unpaired) electrons. The van der Waals surface area contributed by atoms with E-state index in [9.17, 15) is 4.79 Å². The minimum atomic E-state index is -0.554. The van der Waals surface area contributed by atoms with Gasteiger partial charge in [-0.3, -0.25) is 9.69 Å². The van der Waals surface area contributed by atoms with Gasteiger partial charge in [0.05, 0.1) is 25.1 Å². The summed E-state index contributed by atoms with van der Waals surface area (Å²) in [6, 6.07) is 2.07. The van der Waals surface area contributed by atoms with Gasteiger partial charge in [-0.1, -0.05) is 6.92 Å². The highest BCUT2D eigenvalue weighted by Crippen LogP contribution is 2.18. The van der Waals surface area contributed by atoms with E-state index >= 15 is 0 Å². The number of rotatable bonds is 5. The van der Waals surface area contributed by atoms with Gasteiger partial charge in [-0.25, -0.2) is 0 Å². The smallest absolute Gasteiger partial charge is 0.312 e. The first-order valence-corrected chi connectivity index (χ1v) is 4.65. The van der Waals surface area contributed by atoms with Crippen LogP contribution in [0.4, 0.5) is 0 Å². The zero-order valence-corrected chi connectivity index (χ0v) is 9.33. The predicted octanol–water partition coefficient (Wildman–Crippen LogP) is 1.03. The van der Waals surface area contributed by atoms with E-state index in [0.717, 1.165) is 6.54 Å². The van der Waals surface area contributed by atoms with Crippen LogP contribution in [0.1, 0.15) is 20.8 Å². The fraction of sp³-hybridized carbons (Fsp3) is 0.800. The number of hydrogen-bond donors (Lipinski definition) is 0. The topological polar surface area (TPSA) is 53.3 Å². The number of carbonyl (C=O) groups is 1. The summed E-state index contributed by atoms with van der Waals surface area (Å²) in [7, 11) is 1.38. The minimum Gasteiger partial charge on any atom is -0.469 e. The van der Waals surface area contributed by atoms with E-state index < -0.39 is 5.41 Å². The van der Waals surface area contributed by atoms with Crippen LogP contribution in [0.3, 0.4) is 0 Å². The predicted molar refractivity (Wildman–Crippen MR) is 53.5 cm³/mol. The van der Waals surface area contributed by atoms with Crippen molar-refractivity contribution in [3.05, 3.63) is 0 Å². The summed E-state index contributed by atoms with van der Waals surface area (Å²) in [4.78, 5) is 13.3. The van der Waals surface area contributed by atoms with Crippen LogP contribution in [0, 0.1) is 16.7 Å². The molecular weight excluding hydrogens is 180 g/mol. The number of hydrogen-bond acceptors (Lipinski definition) is 4. The molecule has 0 bridgehead atoms. The number of carbonyl (C=O) groups excluding carboxylic acids is 1. The summed E-state index contributed by atoms with van der Waals surface area (Å²) in [5, 5.41) is 8.55. The monoisotopic (exact) mass is 198 g/mol. The van der Waals surface area contributed by atoms with Crippen LogP contribution in [0.5, 0.6) is 0 Å². The van der Waals surface area contributed by atoms with Crippen LogP contribution in [0.15, 0.2) is 0 Å². The second-order valence-corrected chi connectivity index (χ2v) is 3.84. The Labute approximate surface area is 85.5 Å². The SMILES string of the molecule is CCN(CC#N)CC(C)(C)C(=O)OC. The fourth-order valence-electron chi connectivity index (χ4n) is 1.28. The van der Waals surface area contributed by atoms with Gasteiger partial charge in [0.25, 0.3) is 0 Å². The van der Waals surface area contributed by atoms with Crippen LogP contribution >= 0.6 is 0 Å². The molecule has 0 aromatic rings. The summed E-state index contributed by atoms with van der Waals surface area (Å²) in [5.74, 6) is -0.242. The molecule has 80 valence electrons. The molecular formula is C10H18N2O2. The summed E-state index contributed by atoms with van der Waals surface area (Å²) in [6.07, 6.45) is 0. The van der Waals surface area contributed by atoms with Crippen LogP contribution < -0.4 is 0 Å². The van der Waals surface area contributed by atoms with E-state index in [2.05, 4.69) is 6.07 Å². The average Bonchev–Trinajstić information content (AvgIpc) is 2.15. The Bertz CT molecular complexity index is 231. The Morgan fingerprint density at radius 3 is 2.50 bits per heavy atom. The van der Waals surface area contributed by atoms with Gasteiger partial charge in [-0.15, -0.1) is 0 Å². The molecule has 0 rings (SSSR count). The lowest BCUT2D eigenvalue weighted by Crippen LogP contribution is -2.40. The largest absolute Gasteiger partial charge is 0.469 e. The number of nitrogens with zero attached hydrogens (tertiary/aromatic N) is 2. The molecule has 0 saturated heterocycles. The molecule has 0 spiro atoms. The second kappa shape index (κ2) is 5.61. The molecule has 0 aliphatic heterocycles. The maximum atomic E-state index is 11.4. The van der Waals surface area contributed by atoms with Crippen molar-refractivity contribution in [1.82, 2.24) is 4.90 Å². The third-order valence-electron chi connectivity index (χ3n) is 2.10. The maximum absolute atomic E-state index is 11.4. The summed E-state index contributed by atoms with van der Waals surface area (Å²) < 4.78 is 4.69. The van der Waals surface area contributed by atoms with Crippen LogP contribution in [-0.2, 0) is 9.53 Å². The molecule has 0 saturated carbocycles. The van der Waals surface area contributed by atoms with Crippen molar-refractivity contribution in [2.45, 2.75) is 20.8 Å². The Balaban J connectivity index is 4.32. The second-order valence-electron chi connectivity index (χ2n) is 3.84. The average molecular weight is 198 g/mol. The fourth-order valence-corrected chi connectivity index (χ4v) is 1.28.